The van der Waals surface area contributed by atoms with Crippen LogP contribution in [0.15, 0.2) is 65.6 Å². The summed E-state index contributed by atoms with van der Waals surface area (Å²) in [5, 5.41) is 0. The molecule has 3 aromatic carbocycles. The average molecular weight is 626 g/mol. The molecule has 0 saturated heterocycles. The Morgan fingerprint density at radius 1 is 0.771 bits per heavy atom. The van der Waals surface area contributed by atoms with E-state index in [4.69, 9.17) is 16.7 Å². The second-order valence-corrected chi connectivity index (χ2v) is 13.3. The third-order valence-corrected chi connectivity index (χ3v) is 12.1. The van der Waals surface area contributed by atoms with Crippen LogP contribution in [-0.4, -0.2) is 36.1 Å². The zero-order valence-corrected chi connectivity index (χ0v) is 22.0. The van der Waals surface area contributed by atoms with Crippen molar-refractivity contribution in [1.82, 2.24) is 0 Å². The minimum atomic E-state index is -4.87. The van der Waals surface area contributed by atoms with Gasteiger partial charge in [0.1, 0.15) is 0 Å². The first kappa shape index (κ1) is 26.9. The molecule has 0 aromatic heterocycles. The van der Waals surface area contributed by atoms with E-state index in [1.165, 1.54) is 45.6 Å². The summed E-state index contributed by atoms with van der Waals surface area (Å²) in [7, 11) is -0.0354. The summed E-state index contributed by atoms with van der Waals surface area (Å²) in [5.74, 6) is 0.447. The van der Waals surface area contributed by atoms with Crippen LogP contribution in [0.3, 0.4) is 0 Å². The van der Waals surface area contributed by atoms with Crippen molar-refractivity contribution < 1.29 is 43.0 Å². The molecule has 3 rings (SSSR count). The molecule has 0 amide bonds. The summed E-state index contributed by atoms with van der Waals surface area (Å²) in [6.45, 7) is 1.81. The molecule has 3 aromatic rings. The fourth-order valence-corrected chi connectivity index (χ4v) is 10.3. The topological polar surface area (TPSA) is 80.3 Å². The summed E-state index contributed by atoms with van der Waals surface area (Å²) in [6.07, 6.45) is -4.87. The molecule has 0 N–H and O–H groups in total. The van der Waals surface area contributed by atoms with E-state index in [1.807, 2.05) is 6.92 Å². The third-order valence-electron chi connectivity index (χ3n) is 4.53. The van der Waals surface area contributed by atoms with Crippen LogP contribution in [0.2, 0.25) is 0 Å². The SMILES string of the molecule is COc1cc(OC)c(I(OS(=O)(=O)c2ccc(C)cc2)c2ccc(OC(F)(F)F)cc2)c(OC)c1. The summed E-state index contributed by atoms with van der Waals surface area (Å²) in [6, 6.07) is 14.0. The minimum absolute atomic E-state index is 0.0612. The summed E-state index contributed by atoms with van der Waals surface area (Å²) >= 11 is -3.44. The molecule has 0 unspecified atom stereocenters. The Hall–Kier alpha value is -2.71. The standard InChI is InChI=1S/C23H22F3IO7S/c1-15-5-11-19(12-6-15)35(28,29)34-27(16-7-9-17(10-8-16)33-23(24,25)26)22-20(31-3)13-18(30-2)14-21(22)32-4/h5-14H,1-4H3. The van der Waals surface area contributed by atoms with Crippen molar-refractivity contribution in [1.29, 1.82) is 0 Å². The van der Waals surface area contributed by atoms with Crippen LogP contribution in [0.1, 0.15) is 5.56 Å². The fourth-order valence-electron chi connectivity index (χ4n) is 2.88. The first-order valence-corrected chi connectivity index (χ1v) is 14.3. The van der Waals surface area contributed by atoms with E-state index in [2.05, 4.69) is 4.74 Å². The van der Waals surface area contributed by atoms with E-state index in [1.54, 1.807) is 24.3 Å². The van der Waals surface area contributed by atoms with Crippen LogP contribution in [0.25, 0.3) is 0 Å². The van der Waals surface area contributed by atoms with Gasteiger partial charge < -0.3 is 0 Å². The molecular weight excluding hydrogens is 604 g/mol. The molecule has 0 saturated carbocycles. The summed E-state index contributed by atoms with van der Waals surface area (Å²) < 4.78 is 90.9. The van der Waals surface area contributed by atoms with E-state index in [9.17, 15) is 21.6 Å². The van der Waals surface area contributed by atoms with Crippen molar-refractivity contribution in [2.75, 3.05) is 21.3 Å². The monoisotopic (exact) mass is 626 g/mol. The van der Waals surface area contributed by atoms with Crippen molar-refractivity contribution in [2.45, 2.75) is 18.2 Å². The molecule has 12 heteroatoms. The van der Waals surface area contributed by atoms with Gasteiger partial charge in [0.15, 0.2) is 0 Å². The molecule has 0 spiro atoms. The van der Waals surface area contributed by atoms with Crippen molar-refractivity contribution in [3.63, 3.8) is 0 Å². The Labute approximate surface area is 208 Å². The Kier molecular flexibility index (Phi) is 8.38. The molecule has 0 bridgehead atoms. The van der Waals surface area contributed by atoms with E-state index in [0.29, 0.717) is 12.9 Å². The molecule has 35 heavy (non-hydrogen) atoms. The maximum absolute atomic E-state index is 13.2. The predicted molar refractivity (Wildman–Crippen MR) is 130 cm³/mol. The number of methoxy groups -OCH3 is 3. The quantitative estimate of drug-likeness (QED) is 0.279. The van der Waals surface area contributed by atoms with Gasteiger partial charge >= 0.3 is 209 Å². The molecule has 0 radical (unpaired) electrons. The first-order chi connectivity index (χ1) is 16.5. The number of benzene rings is 3. The van der Waals surface area contributed by atoms with Crippen LogP contribution < -0.4 is 18.9 Å². The van der Waals surface area contributed by atoms with Crippen molar-refractivity contribution >= 4 is 30.4 Å². The average Bonchev–Trinajstić information content (AvgIpc) is 2.81. The number of halogens is 4. The van der Waals surface area contributed by atoms with Gasteiger partial charge in [0, 0.05) is 0 Å². The Bertz CT molecular complexity index is 1240. The maximum atomic E-state index is 13.2. The number of aryl methyl sites for hydroxylation is 1. The summed E-state index contributed by atoms with van der Waals surface area (Å²) in [5.41, 5.74) is 0.859. The Morgan fingerprint density at radius 3 is 1.77 bits per heavy atom. The van der Waals surface area contributed by atoms with E-state index >= 15 is 0 Å². The number of alkyl halides is 3. The van der Waals surface area contributed by atoms with Gasteiger partial charge in [-0.25, -0.2) is 0 Å². The van der Waals surface area contributed by atoms with Gasteiger partial charge in [-0.1, -0.05) is 0 Å². The Morgan fingerprint density at radius 2 is 1.31 bits per heavy atom. The van der Waals surface area contributed by atoms with E-state index in [-0.39, 0.29) is 16.4 Å². The van der Waals surface area contributed by atoms with Crippen LogP contribution >= 0.6 is 20.2 Å². The van der Waals surface area contributed by atoms with E-state index < -0.39 is 42.5 Å². The molecular formula is C23H22F3IO7S. The summed E-state index contributed by atoms with van der Waals surface area (Å²) in [4.78, 5) is -0.0612. The van der Waals surface area contributed by atoms with Crippen LogP contribution in [0.4, 0.5) is 13.2 Å². The van der Waals surface area contributed by atoms with Crippen LogP contribution in [-0.2, 0) is 12.6 Å². The normalized spacial score (nSPS) is 12.1. The molecule has 0 aliphatic heterocycles. The van der Waals surface area contributed by atoms with Gasteiger partial charge in [-0.2, -0.15) is 0 Å². The second-order valence-electron chi connectivity index (χ2n) is 6.93. The zero-order valence-electron chi connectivity index (χ0n) is 19.1. The van der Waals surface area contributed by atoms with Crippen molar-refractivity contribution in [2.24, 2.45) is 0 Å². The van der Waals surface area contributed by atoms with Gasteiger partial charge in [0.2, 0.25) is 0 Å². The molecule has 7 nitrogen and oxygen atoms in total. The van der Waals surface area contributed by atoms with Crippen LogP contribution in [0.5, 0.6) is 23.0 Å². The molecule has 190 valence electrons. The van der Waals surface area contributed by atoms with Gasteiger partial charge in [-0.15, -0.1) is 0 Å². The molecule has 0 atom stereocenters. The first-order valence-electron chi connectivity index (χ1n) is 9.85. The number of hydrogen-bond donors (Lipinski definition) is 0. The molecule has 0 aliphatic rings. The van der Waals surface area contributed by atoms with Gasteiger partial charge in [0.25, 0.3) is 0 Å². The number of rotatable bonds is 9. The fraction of sp³-hybridized carbons (Fsp3) is 0.217. The number of hydrogen-bond acceptors (Lipinski definition) is 7. The Balaban J connectivity index is 2.16. The van der Waals surface area contributed by atoms with Gasteiger partial charge in [0.05, 0.1) is 0 Å². The van der Waals surface area contributed by atoms with Crippen LogP contribution in [0, 0.1) is 14.1 Å². The van der Waals surface area contributed by atoms with Crippen molar-refractivity contribution in [3.05, 3.63) is 73.4 Å². The second kappa shape index (κ2) is 10.9. The molecule has 0 heterocycles. The van der Waals surface area contributed by atoms with Crippen molar-refractivity contribution in [3.8, 4) is 23.0 Å². The predicted octanol–water partition coefficient (Wildman–Crippen LogP) is 5.79. The molecule has 0 aliphatic carbocycles. The van der Waals surface area contributed by atoms with Gasteiger partial charge in [-0.05, 0) is 0 Å². The number of ether oxygens (including phenoxy) is 4. The van der Waals surface area contributed by atoms with Gasteiger partial charge in [-0.3, -0.25) is 0 Å². The zero-order chi connectivity index (χ0) is 25.8. The van der Waals surface area contributed by atoms with E-state index in [0.717, 1.165) is 17.7 Å². The molecule has 0 fully saturated rings. The third kappa shape index (κ3) is 6.70.